The summed E-state index contributed by atoms with van der Waals surface area (Å²) in [4.78, 5) is 23.7. The van der Waals surface area contributed by atoms with Gasteiger partial charge in [0.2, 0.25) is 5.91 Å². The van der Waals surface area contributed by atoms with Gasteiger partial charge in [0.25, 0.3) is 0 Å². The maximum Gasteiger partial charge on any atom is 0.337 e. The number of esters is 1. The van der Waals surface area contributed by atoms with Crippen LogP contribution in [-0.4, -0.2) is 19.0 Å². The SMILES string of the molecule is COC(=O)c1ccc(Nc2ccc(NC(=O)Cc3ccccc3C)cc2)cc1. The van der Waals surface area contributed by atoms with Crippen LogP contribution in [0.25, 0.3) is 0 Å². The molecule has 28 heavy (non-hydrogen) atoms. The fourth-order valence-corrected chi connectivity index (χ4v) is 2.80. The van der Waals surface area contributed by atoms with Crippen molar-refractivity contribution >= 4 is 28.9 Å². The molecule has 3 rings (SSSR count). The second-order valence-electron chi connectivity index (χ2n) is 6.42. The number of nitrogens with one attached hydrogen (secondary N) is 2. The number of hydrogen-bond donors (Lipinski definition) is 2. The van der Waals surface area contributed by atoms with Gasteiger partial charge in [-0.1, -0.05) is 24.3 Å². The number of benzene rings is 3. The molecule has 2 N–H and O–H groups in total. The summed E-state index contributed by atoms with van der Waals surface area (Å²) in [7, 11) is 1.36. The van der Waals surface area contributed by atoms with Crippen LogP contribution in [0.1, 0.15) is 21.5 Å². The number of amides is 1. The Kier molecular flexibility index (Phi) is 6.07. The first kappa shape index (κ1) is 19.2. The quantitative estimate of drug-likeness (QED) is 0.614. The lowest BCUT2D eigenvalue weighted by molar-refractivity contribution is -0.115. The molecule has 0 fully saturated rings. The molecule has 0 radical (unpaired) electrons. The number of hydrogen-bond acceptors (Lipinski definition) is 4. The number of methoxy groups -OCH3 is 1. The number of carbonyl (C=O) groups is 2. The maximum atomic E-state index is 12.3. The highest BCUT2D eigenvalue weighted by molar-refractivity contribution is 5.92. The van der Waals surface area contributed by atoms with Crippen molar-refractivity contribution in [3.05, 3.63) is 89.5 Å². The fraction of sp³-hybridized carbons (Fsp3) is 0.130. The zero-order chi connectivity index (χ0) is 19.9. The van der Waals surface area contributed by atoms with Gasteiger partial charge >= 0.3 is 5.97 Å². The van der Waals surface area contributed by atoms with E-state index in [1.807, 2.05) is 67.6 Å². The van der Waals surface area contributed by atoms with E-state index in [1.54, 1.807) is 12.1 Å². The van der Waals surface area contributed by atoms with E-state index >= 15 is 0 Å². The van der Waals surface area contributed by atoms with Gasteiger partial charge < -0.3 is 15.4 Å². The molecule has 0 saturated heterocycles. The molecule has 0 unspecified atom stereocenters. The second-order valence-corrected chi connectivity index (χ2v) is 6.42. The van der Waals surface area contributed by atoms with E-state index in [0.29, 0.717) is 12.0 Å². The summed E-state index contributed by atoms with van der Waals surface area (Å²) >= 11 is 0. The highest BCUT2D eigenvalue weighted by Gasteiger charge is 2.07. The molecule has 0 atom stereocenters. The molecule has 0 saturated carbocycles. The van der Waals surface area contributed by atoms with Gasteiger partial charge in [0.15, 0.2) is 0 Å². The van der Waals surface area contributed by atoms with Crippen molar-refractivity contribution in [3.8, 4) is 0 Å². The summed E-state index contributed by atoms with van der Waals surface area (Å²) in [5.41, 5.74) is 5.10. The number of aryl methyl sites for hydroxylation is 1. The van der Waals surface area contributed by atoms with Gasteiger partial charge in [0.05, 0.1) is 19.1 Å². The largest absolute Gasteiger partial charge is 0.465 e. The third-order valence-electron chi connectivity index (χ3n) is 4.38. The molecule has 0 aliphatic rings. The van der Waals surface area contributed by atoms with Crippen molar-refractivity contribution in [1.82, 2.24) is 0 Å². The highest BCUT2D eigenvalue weighted by atomic mass is 16.5. The van der Waals surface area contributed by atoms with Gasteiger partial charge in [0.1, 0.15) is 0 Å². The van der Waals surface area contributed by atoms with E-state index in [0.717, 1.165) is 28.2 Å². The van der Waals surface area contributed by atoms with Crippen molar-refractivity contribution in [1.29, 1.82) is 0 Å². The van der Waals surface area contributed by atoms with E-state index < -0.39 is 0 Å². The summed E-state index contributed by atoms with van der Waals surface area (Å²) in [5, 5.41) is 6.17. The summed E-state index contributed by atoms with van der Waals surface area (Å²) in [6.07, 6.45) is 0.346. The molecule has 5 nitrogen and oxygen atoms in total. The molecule has 0 bridgehead atoms. The Morgan fingerprint density at radius 3 is 2.00 bits per heavy atom. The molecule has 0 aliphatic carbocycles. The van der Waals surface area contributed by atoms with Gasteiger partial charge in [-0.2, -0.15) is 0 Å². The Hall–Kier alpha value is -3.60. The minimum Gasteiger partial charge on any atom is -0.465 e. The first-order valence-electron chi connectivity index (χ1n) is 8.95. The van der Waals surface area contributed by atoms with E-state index in [9.17, 15) is 9.59 Å². The van der Waals surface area contributed by atoms with Gasteiger partial charge in [-0.15, -0.1) is 0 Å². The molecule has 3 aromatic rings. The molecule has 5 heteroatoms. The topological polar surface area (TPSA) is 67.4 Å². The average Bonchev–Trinajstić information content (AvgIpc) is 2.71. The molecule has 142 valence electrons. The number of carbonyl (C=O) groups excluding carboxylic acids is 2. The van der Waals surface area contributed by atoms with Crippen LogP contribution in [0.3, 0.4) is 0 Å². The Bertz CT molecular complexity index is 964. The number of ether oxygens (including phenoxy) is 1. The summed E-state index contributed by atoms with van der Waals surface area (Å²) in [5.74, 6) is -0.411. The first-order chi connectivity index (χ1) is 13.5. The number of anilines is 3. The van der Waals surface area contributed by atoms with Crippen LogP contribution in [0.15, 0.2) is 72.8 Å². The molecular formula is C23H22N2O3. The predicted octanol–water partition coefficient (Wildman–Crippen LogP) is 4.71. The van der Waals surface area contributed by atoms with E-state index in [1.165, 1.54) is 7.11 Å². The molecule has 1 amide bonds. The lowest BCUT2D eigenvalue weighted by Crippen LogP contribution is -2.14. The lowest BCUT2D eigenvalue weighted by Gasteiger charge is -2.10. The van der Waals surface area contributed by atoms with Crippen molar-refractivity contribution < 1.29 is 14.3 Å². The Morgan fingerprint density at radius 1 is 0.821 bits per heavy atom. The van der Waals surface area contributed by atoms with Crippen LogP contribution < -0.4 is 10.6 Å². The molecular weight excluding hydrogens is 352 g/mol. The predicted molar refractivity (Wildman–Crippen MR) is 111 cm³/mol. The molecule has 0 aliphatic heterocycles. The summed E-state index contributed by atoms with van der Waals surface area (Å²) < 4.78 is 4.69. The van der Waals surface area contributed by atoms with E-state index in [2.05, 4.69) is 15.4 Å². The zero-order valence-electron chi connectivity index (χ0n) is 15.9. The summed E-state index contributed by atoms with van der Waals surface area (Å²) in [6.45, 7) is 2.00. The van der Waals surface area contributed by atoms with Gasteiger partial charge in [-0.25, -0.2) is 4.79 Å². The van der Waals surface area contributed by atoms with Crippen molar-refractivity contribution in [2.24, 2.45) is 0 Å². The highest BCUT2D eigenvalue weighted by Crippen LogP contribution is 2.20. The molecule has 0 heterocycles. The molecule has 0 spiro atoms. The maximum absolute atomic E-state index is 12.3. The van der Waals surface area contributed by atoms with E-state index in [4.69, 9.17) is 0 Å². The zero-order valence-corrected chi connectivity index (χ0v) is 15.9. The minimum atomic E-state index is -0.364. The molecule has 3 aromatic carbocycles. The first-order valence-corrected chi connectivity index (χ1v) is 8.95. The van der Waals surface area contributed by atoms with Crippen molar-refractivity contribution in [2.75, 3.05) is 17.7 Å². The van der Waals surface area contributed by atoms with E-state index in [-0.39, 0.29) is 11.9 Å². The Morgan fingerprint density at radius 2 is 1.39 bits per heavy atom. The minimum absolute atomic E-state index is 0.0478. The van der Waals surface area contributed by atoms with Gasteiger partial charge in [-0.05, 0) is 66.6 Å². The van der Waals surface area contributed by atoms with Crippen molar-refractivity contribution in [2.45, 2.75) is 13.3 Å². The smallest absolute Gasteiger partial charge is 0.337 e. The number of rotatable bonds is 6. The third kappa shape index (κ3) is 4.98. The molecule has 0 aromatic heterocycles. The van der Waals surface area contributed by atoms with Crippen molar-refractivity contribution in [3.63, 3.8) is 0 Å². The summed E-state index contributed by atoms with van der Waals surface area (Å²) in [6, 6.07) is 22.4. The van der Waals surface area contributed by atoms with Crippen LogP contribution in [0, 0.1) is 6.92 Å². The Balaban J connectivity index is 1.58. The third-order valence-corrected chi connectivity index (χ3v) is 4.38. The van der Waals surface area contributed by atoms with Crippen LogP contribution in [0.4, 0.5) is 17.1 Å². The second kappa shape index (κ2) is 8.86. The average molecular weight is 374 g/mol. The van der Waals surface area contributed by atoms with Gasteiger partial charge in [-0.3, -0.25) is 4.79 Å². The Labute approximate surface area is 164 Å². The van der Waals surface area contributed by atoms with Gasteiger partial charge in [0, 0.05) is 17.1 Å². The lowest BCUT2D eigenvalue weighted by atomic mass is 10.1. The van der Waals surface area contributed by atoms with Crippen LogP contribution in [0.2, 0.25) is 0 Å². The normalized spacial score (nSPS) is 10.2. The standard InChI is InChI=1S/C23H22N2O3/c1-16-5-3-4-6-18(16)15-22(26)25-21-13-11-20(12-14-21)24-19-9-7-17(8-10-19)23(27)28-2/h3-14,24H,15H2,1-2H3,(H,25,26). The van der Waals surface area contributed by atoms with Crippen LogP contribution in [0.5, 0.6) is 0 Å². The van der Waals surface area contributed by atoms with Crippen LogP contribution in [-0.2, 0) is 16.0 Å². The monoisotopic (exact) mass is 374 g/mol. The van der Waals surface area contributed by atoms with Crippen LogP contribution >= 0.6 is 0 Å². The fourth-order valence-electron chi connectivity index (χ4n) is 2.80.